The highest BCUT2D eigenvalue weighted by atomic mass is 16.2. The molecule has 0 bridgehead atoms. The van der Waals surface area contributed by atoms with Crippen LogP contribution in [0.5, 0.6) is 0 Å². The van der Waals surface area contributed by atoms with Crippen LogP contribution < -0.4 is 10.6 Å². The highest BCUT2D eigenvalue weighted by Gasteiger charge is 2.29. The molecule has 2 atom stereocenters. The fourth-order valence-corrected chi connectivity index (χ4v) is 3.96. The van der Waals surface area contributed by atoms with Gasteiger partial charge in [-0.25, -0.2) is 0 Å². The number of benzene rings is 1. The molecule has 25 heavy (non-hydrogen) atoms. The average molecular weight is 337 g/mol. The normalized spacial score (nSPS) is 23.0. The molecule has 1 aromatic carbocycles. The van der Waals surface area contributed by atoms with Crippen molar-refractivity contribution >= 4 is 22.7 Å². The Bertz CT molecular complexity index is 846. The van der Waals surface area contributed by atoms with E-state index in [4.69, 9.17) is 4.98 Å². The number of hydrogen-bond acceptors (Lipinski definition) is 3. The van der Waals surface area contributed by atoms with Crippen molar-refractivity contribution in [2.75, 3.05) is 6.54 Å². The van der Waals surface area contributed by atoms with Crippen LogP contribution >= 0.6 is 0 Å². The molecule has 5 heteroatoms. The van der Waals surface area contributed by atoms with E-state index >= 15 is 0 Å². The van der Waals surface area contributed by atoms with Crippen molar-refractivity contribution in [3.8, 4) is 0 Å². The van der Waals surface area contributed by atoms with Crippen LogP contribution in [0.25, 0.3) is 10.9 Å². The van der Waals surface area contributed by atoms with Crippen molar-refractivity contribution < 1.29 is 9.59 Å². The summed E-state index contributed by atoms with van der Waals surface area (Å²) in [6, 6.07) is 7.36. The van der Waals surface area contributed by atoms with E-state index in [0.29, 0.717) is 24.4 Å². The predicted octanol–water partition coefficient (Wildman–Crippen LogP) is 2.37. The van der Waals surface area contributed by atoms with Crippen LogP contribution in [0.3, 0.4) is 0 Å². The summed E-state index contributed by atoms with van der Waals surface area (Å²) in [6.07, 6.45) is 4.46. The molecule has 1 aromatic heterocycles. The second-order valence-corrected chi connectivity index (χ2v) is 7.24. The summed E-state index contributed by atoms with van der Waals surface area (Å²) in [7, 11) is 0. The highest BCUT2D eigenvalue weighted by Crippen LogP contribution is 2.31. The molecule has 1 fully saturated rings. The molecule has 0 saturated carbocycles. The molecule has 1 aliphatic carbocycles. The molecule has 2 heterocycles. The van der Waals surface area contributed by atoms with Crippen LogP contribution in [0.15, 0.2) is 24.3 Å². The number of piperidine rings is 1. The molecule has 1 aliphatic heterocycles. The lowest BCUT2D eigenvalue weighted by Crippen LogP contribution is -2.50. The zero-order valence-corrected chi connectivity index (χ0v) is 14.5. The summed E-state index contributed by atoms with van der Waals surface area (Å²) in [5, 5.41) is 6.67. The van der Waals surface area contributed by atoms with Gasteiger partial charge >= 0.3 is 0 Å². The summed E-state index contributed by atoms with van der Waals surface area (Å²) >= 11 is 0. The Balaban J connectivity index is 1.77. The number of para-hydroxylation sites is 1. The number of pyridine rings is 1. The molecule has 2 aliphatic rings. The van der Waals surface area contributed by atoms with E-state index in [1.807, 2.05) is 24.3 Å². The van der Waals surface area contributed by atoms with Crippen LogP contribution in [0, 0.1) is 5.92 Å². The van der Waals surface area contributed by atoms with Gasteiger partial charge in [0.1, 0.15) is 6.04 Å². The number of nitrogens with zero attached hydrogens (tertiary/aromatic N) is 1. The number of carbonyl (C=O) groups excluding carboxylic acids is 2. The van der Waals surface area contributed by atoms with E-state index in [0.717, 1.165) is 47.8 Å². The molecule has 1 saturated heterocycles. The molecular weight excluding hydrogens is 314 g/mol. The Hall–Kier alpha value is -2.43. The number of carbonyl (C=O) groups is 2. The maximum atomic E-state index is 13.1. The van der Waals surface area contributed by atoms with Crippen molar-refractivity contribution in [3.05, 3.63) is 41.1 Å². The first-order valence-electron chi connectivity index (χ1n) is 9.12. The summed E-state index contributed by atoms with van der Waals surface area (Å²) in [5.41, 5.74) is 3.67. The number of nitrogens with one attached hydrogen (secondary N) is 2. The number of aromatic nitrogens is 1. The van der Waals surface area contributed by atoms with Crippen molar-refractivity contribution in [2.45, 2.75) is 45.1 Å². The number of amides is 2. The van der Waals surface area contributed by atoms with Gasteiger partial charge in [-0.15, -0.1) is 0 Å². The largest absolute Gasteiger partial charge is 0.354 e. The predicted molar refractivity (Wildman–Crippen MR) is 96.4 cm³/mol. The summed E-state index contributed by atoms with van der Waals surface area (Å²) < 4.78 is 0. The van der Waals surface area contributed by atoms with Gasteiger partial charge in [-0.2, -0.15) is 0 Å². The van der Waals surface area contributed by atoms with Crippen molar-refractivity contribution in [3.63, 3.8) is 0 Å². The van der Waals surface area contributed by atoms with E-state index in [1.165, 1.54) is 0 Å². The van der Waals surface area contributed by atoms with Gasteiger partial charge in [0.2, 0.25) is 5.91 Å². The van der Waals surface area contributed by atoms with Crippen LogP contribution in [0.4, 0.5) is 0 Å². The number of fused-ring (bicyclic) bond motifs is 2. The topological polar surface area (TPSA) is 71.1 Å². The molecule has 5 nitrogen and oxygen atoms in total. The minimum atomic E-state index is -0.440. The lowest BCUT2D eigenvalue weighted by Gasteiger charge is -2.26. The molecule has 0 radical (unpaired) electrons. The maximum absolute atomic E-state index is 13.1. The van der Waals surface area contributed by atoms with E-state index in [-0.39, 0.29) is 11.8 Å². The monoisotopic (exact) mass is 337 g/mol. The lowest BCUT2D eigenvalue weighted by molar-refractivity contribution is -0.124. The molecular formula is C20H23N3O2. The summed E-state index contributed by atoms with van der Waals surface area (Å²) in [6.45, 7) is 2.91. The quantitative estimate of drug-likeness (QED) is 0.884. The second kappa shape index (κ2) is 6.47. The minimum absolute atomic E-state index is 0.0832. The first kappa shape index (κ1) is 16.1. The zero-order valence-electron chi connectivity index (χ0n) is 14.5. The number of rotatable bonds is 2. The van der Waals surface area contributed by atoms with Gasteiger partial charge in [0.05, 0.1) is 11.1 Å². The minimum Gasteiger partial charge on any atom is -0.354 e. The Morgan fingerprint density at radius 1 is 1.28 bits per heavy atom. The Kier molecular flexibility index (Phi) is 4.15. The van der Waals surface area contributed by atoms with Crippen LogP contribution in [0.1, 0.15) is 47.8 Å². The van der Waals surface area contributed by atoms with Gasteiger partial charge in [0.15, 0.2) is 0 Å². The summed E-state index contributed by atoms with van der Waals surface area (Å²) in [4.78, 5) is 30.0. The molecule has 2 N–H and O–H groups in total. The standard InChI is InChI=1S/C20H23N3O2/c1-12-8-9-16-14(11-12)18(13-5-2-3-6-15(13)22-16)20(25)23-17-7-4-10-21-19(17)24/h2-3,5-6,12,17H,4,7-11H2,1H3,(H,21,24)(H,23,25)/t12-,17-/m0/s1. The third-order valence-electron chi connectivity index (χ3n) is 5.32. The first-order chi connectivity index (χ1) is 12.1. The van der Waals surface area contributed by atoms with Crippen LogP contribution in [-0.4, -0.2) is 29.4 Å². The van der Waals surface area contributed by atoms with E-state index < -0.39 is 6.04 Å². The third kappa shape index (κ3) is 2.99. The fourth-order valence-electron chi connectivity index (χ4n) is 3.96. The van der Waals surface area contributed by atoms with Gasteiger partial charge in [0.25, 0.3) is 5.91 Å². The van der Waals surface area contributed by atoms with Gasteiger partial charge in [-0.3, -0.25) is 14.6 Å². The Morgan fingerprint density at radius 2 is 2.12 bits per heavy atom. The molecule has 130 valence electrons. The maximum Gasteiger partial charge on any atom is 0.252 e. The average Bonchev–Trinajstić information content (AvgIpc) is 2.61. The Labute approximate surface area is 147 Å². The molecule has 2 amide bonds. The Morgan fingerprint density at radius 3 is 2.96 bits per heavy atom. The van der Waals surface area contributed by atoms with Crippen LogP contribution in [-0.2, 0) is 17.6 Å². The summed E-state index contributed by atoms with van der Waals surface area (Å²) in [5.74, 6) is 0.311. The van der Waals surface area contributed by atoms with Gasteiger partial charge in [-0.1, -0.05) is 25.1 Å². The SMILES string of the molecule is C[C@H]1CCc2nc3ccccc3c(C(=O)N[C@H]3CCCNC3=O)c2C1. The highest BCUT2D eigenvalue weighted by molar-refractivity contribution is 6.09. The van der Waals surface area contributed by atoms with Crippen molar-refractivity contribution in [1.29, 1.82) is 0 Å². The van der Waals surface area contributed by atoms with Crippen LogP contribution in [0.2, 0.25) is 0 Å². The molecule has 0 unspecified atom stereocenters. The van der Waals surface area contributed by atoms with E-state index in [9.17, 15) is 9.59 Å². The molecule has 2 aromatic rings. The number of hydrogen-bond donors (Lipinski definition) is 2. The smallest absolute Gasteiger partial charge is 0.252 e. The third-order valence-corrected chi connectivity index (χ3v) is 5.32. The van der Waals surface area contributed by atoms with Gasteiger partial charge in [-0.05, 0) is 49.7 Å². The fraction of sp³-hybridized carbons (Fsp3) is 0.450. The first-order valence-corrected chi connectivity index (χ1v) is 9.12. The number of aryl methyl sites for hydroxylation is 1. The van der Waals surface area contributed by atoms with Crippen molar-refractivity contribution in [2.24, 2.45) is 5.92 Å². The molecule has 4 rings (SSSR count). The zero-order chi connectivity index (χ0) is 17.4. The van der Waals surface area contributed by atoms with E-state index in [1.54, 1.807) is 0 Å². The van der Waals surface area contributed by atoms with Crippen molar-refractivity contribution in [1.82, 2.24) is 15.6 Å². The molecule has 0 spiro atoms. The van der Waals surface area contributed by atoms with E-state index in [2.05, 4.69) is 17.6 Å². The van der Waals surface area contributed by atoms with Gasteiger partial charge in [0, 0.05) is 17.6 Å². The lowest BCUT2D eigenvalue weighted by atomic mass is 9.84. The van der Waals surface area contributed by atoms with Gasteiger partial charge < -0.3 is 10.6 Å². The second-order valence-electron chi connectivity index (χ2n) is 7.24.